The molecule has 74 valence electrons. The highest BCUT2D eigenvalue weighted by atomic mass is 16.5. The molecule has 1 aliphatic carbocycles. The van der Waals surface area contributed by atoms with Gasteiger partial charge in [-0.3, -0.25) is 4.79 Å². The van der Waals surface area contributed by atoms with Gasteiger partial charge in [-0.05, 0) is 37.5 Å². The Hall–Kier alpha value is -0.570. The fourth-order valence-electron chi connectivity index (χ4n) is 2.72. The molecule has 1 heterocycles. The molecule has 3 heteroatoms. The van der Waals surface area contributed by atoms with Crippen molar-refractivity contribution in [2.24, 2.45) is 17.1 Å². The predicted octanol–water partition coefficient (Wildman–Crippen LogP) is 1.07. The summed E-state index contributed by atoms with van der Waals surface area (Å²) in [6.07, 6.45) is 5.42. The molecule has 0 aromatic heterocycles. The average Bonchev–Trinajstić information content (AvgIpc) is 2.51. The van der Waals surface area contributed by atoms with E-state index in [2.05, 4.69) is 0 Å². The molecule has 2 fully saturated rings. The van der Waals surface area contributed by atoms with Crippen molar-refractivity contribution in [1.82, 2.24) is 0 Å². The van der Waals surface area contributed by atoms with Crippen molar-refractivity contribution in [2.75, 3.05) is 13.2 Å². The Balaban J connectivity index is 1.98. The Morgan fingerprint density at radius 3 is 2.85 bits per heavy atom. The number of primary amides is 1. The van der Waals surface area contributed by atoms with Crippen molar-refractivity contribution in [3.05, 3.63) is 0 Å². The lowest BCUT2D eigenvalue weighted by atomic mass is 9.80. The lowest BCUT2D eigenvalue weighted by molar-refractivity contribution is -0.122. The third-order valence-corrected chi connectivity index (χ3v) is 3.51. The number of amides is 1. The summed E-state index contributed by atoms with van der Waals surface area (Å²) in [7, 11) is 0. The molecule has 0 bridgehead atoms. The molecule has 2 rings (SSSR count). The van der Waals surface area contributed by atoms with Crippen LogP contribution in [0.2, 0.25) is 0 Å². The number of carbonyl (C=O) groups excluding carboxylic acids is 1. The second-order valence-corrected chi connectivity index (χ2v) is 4.50. The summed E-state index contributed by atoms with van der Waals surface area (Å²) in [5.41, 5.74) is 5.61. The maximum Gasteiger partial charge on any atom is 0.220 e. The molecule has 0 aromatic rings. The lowest BCUT2D eigenvalue weighted by Gasteiger charge is -2.33. The molecule has 2 atom stereocenters. The first kappa shape index (κ1) is 9.00. The van der Waals surface area contributed by atoms with E-state index in [1.54, 1.807) is 0 Å². The topological polar surface area (TPSA) is 52.3 Å². The smallest absolute Gasteiger partial charge is 0.220 e. The van der Waals surface area contributed by atoms with E-state index in [1.807, 2.05) is 0 Å². The van der Waals surface area contributed by atoms with Gasteiger partial charge in [0.25, 0.3) is 0 Å². The molecule has 1 saturated heterocycles. The molecule has 13 heavy (non-hydrogen) atoms. The summed E-state index contributed by atoms with van der Waals surface area (Å²) in [5.74, 6) is -0.0100. The van der Waals surface area contributed by atoms with Crippen LogP contribution in [-0.2, 0) is 9.53 Å². The Morgan fingerprint density at radius 2 is 2.31 bits per heavy atom. The highest BCUT2D eigenvalue weighted by Crippen LogP contribution is 2.46. The van der Waals surface area contributed by atoms with Crippen molar-refractivity contribution in [1.29, 1.82) is 0 Å². The van der Waals surface area contributed by atoms with Gasteiger partial charge in [-0.2, -0.15) is 0 Å². The summed E-state index contributed by atoms with van der Waals surface area (Å²) in [6.45, 7) is 1.74. The fourth-order valence-corrected chi connectivity index (χ4v) is 2.72. The third-order valence-electron chi connectivity index (χ3n) is 3.51. The number of ether oxygens (including phenoxy) is 1. The van der Waals surface area contributed by atoms with Crippen molar-refractivity contribution in [3.63, 3.8) is 0 Å². The molecule has 1 spiro atoms. The van der Waals surface area contributed by atoms with Crippen LogP contribution in [0, 0.1) is 11.3 Å². The molecule has 0 aromatic carbocycles. The van der Waals surface area contributed by atoms with E-state index in [4.69, 9.17) is 10.5 Å². The first-order valence-corrected chi connectivity index (χ1v) is 5.09. The summed E-state index contributed by atoms with van der Waals surface area (Å²) >= 11 is 0. The first-order valence-electron chi connectivity index (χ1n) is 5.09. The van der Waals surface area contributed by atoms with Crippen molar-refractivity contribution >= 4 is 5.91 Å². The van der Waals surface area contributed by atoms with Crippen molar-refractivity contribution < 1.29 is 9.53 Å². The van der Waals surface area contributed by atoms with Gasteiger partial charge in [-0.25, -0.2) is 0 Å². The summed E-state index contributed by atoms with van der Waals surface area (Å²) in [4.78, 5) is 11.0. The summed E-state index contributed by atoms with van der Waals surface area (Å²) in [6, 6.07) is 0. The van der Waals surface area contributed by atoms with Gasteiger partial charge < -0.3 is 10.5 Å². The summed E-state index contributed by atoms with van der Waals surface area (Å²) in [5, 5.41) is 0. The number of hydrogen-bond acceptors (Lipinski definition) is 2. The predicted molar refractivity (Wildman–Crippen MR) is 49.0 cm³/mol. The van der Waals surface area contributed by atoms with Crippen LogP contribution in [-0.4, -0.2) is 19.1 Å². The van der Waals surface area contributed by atoms with Gasteiger partial charge in [0.15, 0.2) is 0 Å². The zero-order valence-electron chi connectivity index (χ0n) is 7.92. The van der Waals surface area contributed by atoms with E-state index in [-0.39, 0.29) is 11.8 Å². The standard InChI is InChI=1S/C10H17NO2/c11-9(12)8-2-4-10(6-8)3-1-5-13-7-10/h8H,1-7H2,(H2,11,12)/t8?,10-/m0/s1. The zero-order valence-corrected chi connectivity index (χ0v) is 7.92. The van der Waals surface area contributed by atoms with Crippen molar-refractivity contribution in [2.45, 2.75) is 32.1 Å². The van der Waals surface area contributed by atoms with E-state index in [0.717, 1.165) is 38.9 Å². The molecule has 3 nitrogen and oxygen atoms in total. The van der Waals surface area contributed by atoms with Gasteiger partial charge in [0, 0.05) is 12.5 Å². The van der Waals surface area contributed by atoms with E-state index in [9.17, 15) is 4.79 Å². The van der Waals surface area contributed by atoms with Crippen LogP contribution < -0.4 is 5.73 Å². The Labute approximate surface area is 78.6 Å². The van der Waals surface area contributed by atoms with E-state index < -0.39 is 0 Å². The lowest BCUT2D eigenvalue weighted by Crippen LogP contribution is -2.30. The number of carbonyl (C=O) groups is 1. The van der Waals surface area contributed by atoms with Crippen LogP contribution in [0.1, 0.15) is 32.1 Å². The van der Waals surface area contributed by atoms with Crippen LogP contribution >= 0.6 is 0 Å². The van der Waals surface area contributed by atoms with Gasteiger partial charge in [0.1, 0.15) is 0 Å². The second kappa shape index (κ2) is 3.29. The zero-order chi connectivity index (χ0) is 9.31. The summed E-state index contributed by atoms with van der Waals surface area (Å²) < 4.78 is 5.48. The Kier molecular flexibility index (Phi) is 2.28. The molecular formula is C10H17NO2. The highest BCUT2D eigenvalue weighted by molar-refractivity contribution is 5.77. The number of nitrogens with two attached hydrogens (primary N) is 1. The molecule has 0 radical (unpaired) electrons. The van der Waals surface area contributed by atoms with Crippen LogP contribution in [0.5, 0.6) is 0 Å². The van der Waals surface area contributed by atoms with Gasteiger partial charge in [0.2, 0.25) is 5.91 Å². The van der Waals surface area contributed by atoms with Crippen LogP contribution in [0.15, 0.2) is 0 Å². The minimum atomic E-state index is -0.123. The SMILES string of the molecule is NC(=O)C1CC[C@@]2(CCCOC2)C1. The van der Waals surface area contributed by atoms with Crippen molar-refractivity contribution in [3.8, 4) is 0 Å². The first-order chi connectivity index (χ1) is 6.22. The third kappa shape index (κ3) is 1.70. The second-order valence-electron chi connectivity index (χ2n) is 4.50. The number of rotatable bonds is 1. The van der Waals surface area contributed by atoms with Crippen LogP contribution in [0.25, 0.3) is 0 Å². The maximum atomic E-state index is 11.0. The largest absolute Gasteiger partial charge is 0.381 e. The Morgan fingerprint density at radius 1 is 1.46 bits per heavy atom. The van der Waals surface area contributed by atoms with E-state index in [0.29, 0.717) is 5.41 Å². The quantitative estimate of drug-likeness (QED) is 0.661. The highest BCUT2D eigenvalue weighted by Gasteiger charge is 2.42. The monoisotopic (exact) mass is 183 g/mol. The minimum absolute atomic E-state index is 0.113. The van der Waals surface area contributed by atoms with Gasteiger partial charge >= 0.3 is 0 Å². The molecule has 1 unspecified atom stereocenters. The molecule has 2 aliphatic rings. The molecule has 1 amide bonds. The Bertz CT molecular complexity index is 209. The number of hydrogen-bond donors (Lipinski definition) is 1. The molecule has 1 saturated carbocycles. The maximum absolute atomic E-state index is 11.0. The average molecular weight is 183 g/mol. The van der Waals surface area contributed by atoms with Crippen LogP contribution in [0.3, 0.4) is 0 Å². The van der Waals surface area contributed by atoms with Gasteiger partial charge in [0.05, 0.1) is 6.61 Å². The van der Waals surface area contributed by atoms with Crippen LogP contribution in [0.4, 0.5) is 0 Å². The van der Waals surface area contributed by atoms with Gasteiger partial charge in [-0.1, -0.05) is 0 Å². The van der Waals surface area contributed by atoms with Gasteiger partial charge in [-0.15, -0.1) is 0 Å². The minimum Gasteiger partial charge on any atom is -0.381 e. The fraction of sp³-hybridized carbons (Fsp3) is 0.900. The normalized spacial score (nSPS) is 39.5. The van der Waals surface area contributed by atoms with E-state index in [1.165, 1.54) is 6.42 Å². The van der Waals surface area contributed by atoms with E-state index >= 15 is 0 Å². The molecular weight excluding hydrogens is 166 g/mol. The molecule has 1 aliphatic heterocycles. The molecule has 2 N–H and O–H groups in total.